The van der Waals surface area contributed by atoms with E-state index in [0.717, 1.165) is 19.3 Å². The molecule has 31 heavy (non-hydrogen) atoms. The first-order valence-electron chi connectivity index (χ1n) is 12.1. The van der Waals surface area contributed by atoms with Gasteiger partial charge in [0.15, 0.2) is 0 Å². The number of amides is 1. The Hall–Kier alpha value is 0.236. The zero-order valence-corrected chi connectivity index (χ0v) is 23.4. The molecule has 0 saturated heterocycles. The van der Waals surface area contributed by atoms with Gasteiger partial charge in [0, 0.05) is 26.1 Å². The van der Waals surface area contributed by atoms with Crippen molar-refractivity contribution in [2.24, 2.45) is 0 Å². The molecule has 3 N–H and O–H groups in total. The summed E-state index contributed by atoms with van der Waals surface area (Å²) >= 11 is 0. The molecule has 0 radical (unpaired) electrons. The normalized spacial score (nSPS) is 11.1. The van der Waals surface area contributed by atoms with Gasteiger partial charge in [-0.15, -0.1) is 0 Å². The summed E-state index contributed by atoms with van der Waals surface area (Å²) in [7, 11) is 0. The number of allylic oxidation sites excluding steroid dienone is 2. The van der Waals surface area contributed by atoms with Crippen LogP contribution in [-0.4, -0.2) is 59.8 Å². The van der Waals surface area contributed by atoms with Crippen LogP contribution in [0.5, 0.6) is 0 Å². The Bertz CT molecular complexity index is 454. The van der Waals surface area contributed by atoms with Crippen LogP contribution in [0.2, 0.25) is 0 Å². The molecule has 7 heteroatoms. The fourth-order valence-corrected chi connectivity index (χ4v) is 3.40. The molecule has 0 saturated carbocycles. The van der Waals surface area contributed by atoms with E-state index in [1.807, 2.05) is 0 Å². The summed E-state index contributed by atoms with van der Waals surface area (Å²) < 4.78 is 0. The van der Waals surface area contributed by atoms with Crippen molar-refractivity contribution in [3.05, 3.63) is 12.2 Å². The third-order valence-corrected chi connectivity index (χ3v) is 5.19. The van der Waals surface area contributed by atoms with Crippen molar-refractivity contribution < 1.29 is 72.6 Å². The molecule has 0 spiro atoms. The summed E-state index contributed by atoms with van der Waals surface area (Å²) in [6.45, 7) is 3.20. The summed E-state index contributed by atoms with van der Waals surface area (Å²) in [5.74, 6) is -0.907. The van der Waals surface area contributed by atoms with E-state index >= 15 is 0 Å². The Morgan fingerprint density at radius 1 is 0.871 bits per heavy atom. The Kier molecular flexibility index (Phi) is 28.5. The minimum absolute atomic E-state index is 0. The Labute approximate surface area is 234 Å². The van der Waals surface area contributed by atoms with Gasteiger partial charge in [-0.25, -0.2) is 0 Å². The summed E-state index contributed by atoms with van der Waals surface area (Å²) in [4.78, 5) is 24.2. The molecule has 0 atom stereocenters. The molecule has 0 aliphatic rings. The monoisotopic (exact) mass is 466 g/mol. The second kappa shape index (κ2) is 26.5. The predicted octanol–water partition coefficient (Wildman–Crippen LogP) is 1.64. The van der Waals surface area contributed by atoms with Crippen molar-refractivity contribution in [1.82, 2.24) is 10.2 Å². The fraction of sp³-hybridized carbons (Fsp3) is 0.833. The van der Waals surface area contributed by atoms with Crippen LogP contribution in [0.4, 0.5) is 0 Å². The van der Waals surface area contributed by atoms with Crippen LogP contribution in [0.25, 0.3) is 0 Å². The summed E-state index contributed by atoms with van der Waals surface area (Å²) in [6, 6.07) is 0. The number of carboxylic acids is 1. The molecular formula is C24H47KN2O4. The number of rotatable bonds is 22. The Balaban J connectivity index is -0.00000420. The molecule has 0 aromatic carbocycles. The summed E-state index contributed by atoms with van der Waals surface area (Å²) in [5.41, 5.74) is 0. The van der Waals surface area contributed by atoms with Gasteiger partial charge in [-0.3, -0.25) is 14.5 Å². The topological polar surface area (TPSA) is 89.9 Å². The van der Waals surface area contributed by atoms with Gasteiger partial charge in [-0.2, -0.15) is 0 Å². The molecular weight excluding hydrogens is 419 g/mol. The number of carbonyl (C=O) groups is 2. The molecule has 0 aliphatic carbocycles. The Morgan fingerprint density at radius 2 is 1.42 bits per heavy atom. The standard InChI is InChI=1S/C24H46N2O4.K.H/c1-2-3-4-5-6-7-8-9-10-11-12-13-14-15-16-17-23(28)25-18-19-26(20-21-27)22-24(29)30;;/h9-10,27H,2-8,11-22H2,1H3,(H,25,28)(H,29,30);;/q;+1;-1/b10-9-;;. The van der Waals surface area contributed by atoms with Gasteiger partial charge in [-0.1, -0.05) is 70.4 Å². The zero-order valence-electron chi connectivity index (χ0n) is 21.2. The van der Waals surface area contributed by atoms with E-state index in [0.29, 0.717) is 26.1 Å². The predicted molar refractivity (Wildman–Crippen MR) is 125 cm³/mol. The molecule has 6 nitrogen and oxygen atoms in total. The first kappa shape index (κ1) is 33.4. The van der Waals surface area contributed by atoms with Gasteiger partial charge in [0.2, 0.25) is 5.91 Å². The van der Waals surface area contributed by atoms with Crippen LogP contribution < -0.4 is 56.7 Å². The van der Waals surface area contributed by atoms with Crippen LogP contribution in [0.1, 0.15) is 98.2 Å². The number of nitrogens with one attached hydrogen (secondary N) is 1. The maximum atomic E-state index is 11.8. The average molecular weight is 467 g/mol. The average Bonchev–Trinajstić information content (AvgIpc) is 2.70. The SMILES string of the molecule is CCCCCCCC/C=C\CCCCCCCC(=O)NCCN(CCO)CC(=O)O.[H-].[K+]. The van der Waals surface area contributed by atoms with E-state index in [-0.39, 0.29) is 71.9 Å². The molecule has 0 aliphatic heterocycles. The van der Waals surface area contributed by atoms with Crippen molar-refractivity contribution in [2.45, 2.75) is 96.8 Å². The minimum Gasteiger partial charge on any atom is -1.00 e. The first-order valence-corrected chi connectivity index (χ1v) is 12.1. The van der Waals surface area contributed by atoms with E-state index in [2.05, 4.69) is 24.4 Å². The van der Waals surface area contributed by atoms with Gasteiger partial charge in [0.1, 0.15) is 0 Å². The Morgan fingerprint density at radius 3 is 1.97 bits per heavy atom. The number of hydrogen-bond donors (Lipinski definition) is 3. The molecule has 0 aromatic rings. The van der Waals surface area contributed by atoms with E-state index in [4.69, 9.17) is 10.2 Å². The van der Waals surface area contributed by atoms with Crippen LogP contribution in [-0.2, 0) is 9.59 Å². The maximum absolute atomic E-state index is 11.8. The van der Waals surface area contributed by atoms with Gasteiger partial charge >= 0.3 is 57.4 Å². The van der Waals surface area contributed by atoms with Crippen LogP contribution in [0, 0.1) is 0 Å². The van der Waals surface area contributed by atoms with E-state index in [1.54, 1.807) is 4.90 Å². The van der Waals surface area contributed by atoms with Gasteiger partial charge in [0.25, 0.3) is 0 Å². The molecule has 0 bridgehead atoms. The second-order valence-electron chi connectivity index (χ2n) is 8.08. The molecule has 178 valence electrons. The van der Waals surface area contributed by atoms with Crippen molar-refractivity contribution in [3.63, 3.8) is 0 Å². The maximum Gasteiger partial charge on any atom is 1.00 e. The van der Waals surface area contributed by atoms with Crippen molar-refractivity contribution in [3.8, 4) is 0 Å². The summed E-state index contributed by atoms with van der Waals surface area (Å²) in [6.07, 6.45) is 21.3. The third kappa shape index (κ3) is 26.4. The minimum atomic E-state index is -0.928. The third-order valence-electron chi connectivity index (χ3n) is 5.19. The van der Waals surface area contributed by atoms with Gasteiger partial charge < -0.3 is 17.0 Å². The molecule has 0 unspecified atom stereocenters. The van der Waals surface area contributed by atoms with Crippen LogP contribution >= 0.6 is 0 Å². The first-order chi connectivity index (χ1) is 14.6. The number of unbranched alkanes of at least 4 members (excludes halogenated alkanes) is 11. The second-order valence-corrected chi connectivity index (χ2v) is 8.08. The van der Waals surface area contributed by atoms with Crippen LogP contribution in [0.3, 0.4) is 0 Å². The summed E-state index contributed by atoms with van der Waals surface area (Å²) in [5, 5.41) is 20.6. The number of aliphatic hydroxyl groups excluding tert-OH is 1. The number of nitrogens with zero attached hydrogens (tertiary/aromatic N) is 1. The largest absolute Gasteiger partial charge is 1.00 e. The number of aliphatic hydroxyl groups is 1. The molecule has 0 fully saturated rings. The quantitative estimate of drug-likeness (QED) is 0.128. The molecule has 0 heterocycles. The van der Waals surface area contributed by atoms with Crippen molar-refractivity contribution >= 4 is 11.9 Å². The van der Waals surface area contributed by atoms with Gasteiger partial charge in [0.05, 0.1) is 13.2 Å². The molecule has 0 aromatic heterocycles. The molecule has 0 rings (SSSR count). The number of carbonyl (C=O) groups excluding carboxylic acids is 1. The van der Waals surface area contributed by atoms with E-state index in [1.165, 1.54) is 64.2 Å². The van der Waals surface area contributed by atoms with Crippen LogP contribution in [0.15, 0.2) is 12.2 Å². The number of carboxylic acid groups (broad SMARTS) is 1. The fourth-order valence-electron chi connectivity index (χ4n) is 3.40. The number of hydrogen-bond acceptors (Lipinski definition) is 4. The smallest absolute Gasteiger partial charge is 1.00 e. The van der Waals surface area contributed by atoms with E-state index < -0.39 is 5.97 Å². The molecule has 1 amide bonds. The zero-order chi connectivity index (χ0) is 22.3. The van der Waals surface area contributed by atoms with E-state index in [9.17, 15) is 9.59 Å². The van der Waals surface area contributed by atoms with Crippen molar-refractivity contribution in [2.75, 3.05) is 32.8 Å². The van der Waals surface area contributed by atoms with Crippen molar-refractivity contribution in [1.29, 1.82) is 0 Å². The van der Waals surface area contributed by atoms with Gasteiger partial charge in [-0.05, 0) is 32.1 Å². The number of aliphatic carboxylic acids is 1.